The van der Waals surface area contributed by atoms with Crippen molar-refractivity contribution in [2.75, 3.05) is 0 Å². The van der Waals surface area contributed by atoms with Gasteiger partial charge in [0, 0.05) is 31.4 Å². The van der Waals surface area contributed by atoms with E-state index in [0.717, 1.165) is 12.4 Å². The fraction of sp³-hybridized carbons (Fsp3) is 0.545. The summed E-state index contributed by atoms with van der Waals surface area (Å²) in [5.74, 6) is 0.962. The molecular formula is C11H18N6. The lowest BCUT2D eigenvalue weighted by molar-refractivity contribution is 0.490. The topological polar surface area (TPSA) is 60.6 Å². The van der Waals surface area contributed by atoms with E-state index in [2.05, 4.69) is 34.3 Å². The molecule has 2 rings (SSSR count). The van der Waals surface area contributed by atoms with Crippen molar-refractivity contribution < 1.29 is 0 Å². The molecule has 2 aromatic heterocycles. The van der Waals surface area contributed by atoms with Gasteiger partial charge in [0.15, 0.2) is 0 Å². The van der Waals surface area contributed by atoms with E-state index in [-0.39, 0.29) is 0 Å². The van der Waals surface area contributed by atoms with Crippen LogP contribution in [0, 0.1) is 0 Å². The van der Waals surface area contributed by atoms with Crippen molar-refractivity contribution in [3.05, 3.63) is 30.1 Å². The molecule has 0 atom stereocenters. The Morgan fingerprint density at radius 3 is 2.76 bits per heavy atom. The number of aryl methyl sites for hydroxylation is 1. The second-order valence-electron chi connectivity index (χ2n) is 4.34. The lowest BCUT2D eigenvalue weighted by Gasteiger charge is -2.09. The van der Waals surface area contributed by atoms with Crippen LogP contribution in [0.1, 0.15) is 31.3 Å². The first-order valence-corrected chi connectivity index (χ1v) is 5.73. The molecule has 17 heavy (non-hydrogen) atoms. The average Bonchev–Trinajstić information content (AvgIpc) is 2.87. The number of nitrogens with one attached hydrogen (secondary N) is 1. The second-order valence-corrected chi connectivity index (χ2v) is 4.34. The predicted molar refractivity (Wildman–Crippen MR) is 64.2 cm³/mol. The van der Waals surface area contributed by atoms with Crippen molar-refractivity contribution in [2.45, 2.75) is 33.0 Å². The maximum absolute atomic E-state index is 4.24. The van der Waals surface area contributed by atoms with E-state index in [1.165, 1.54) is 5.56 Å². The Bertz CT molecular complexity index is 470. The van der Waals surface area contributed by atoms with Gasteiger partial charge in [-0.15, -0.1) is 0 Å². The van der Waals surface area contributed by atoms with Gasteiger partial charge in [-0.2, -0.15) is 10.2 Å². The molecule has 0 aliphatic rings. The summed E-state index contributed by atoms with van der Waals surface area (Å²) in [4.78, 5) is 4.24. The largest absolute Gasteiger partial charge is 0.306 e. The predicted octanol–water partition coefficient (Wildman–Crippen LogP) is 0.882. The van der Waals surface area contributed by atoms with Crippen LogP contribution in [0.2, 0.25) is 0 Å². The van der Waals surface area contributed by atoms with Gasteiger partial charge in [-0.3, -0.25) is 4.68 Å². The molecule has 0 saturated carbocycles. The van der Waals surface area contributed by atoms with Crippen molar-refractivity contribution in [1.29, 1.82) is 0 Å². The van der Waals surface area contributed by atoms with Crippen LogP contribution < -0.4 is 5.32 Å². The van der Waals surface area contributed by atoms with Crippen LogP contribution in [0.5, 0.6) is 0 Å². The maximum atomic E-state index is 4.24. The van der Waals surface area contributed by atoms with Gasteiger partial charge in [-0.05, 0) is 13.8 Å². The van der Waals surface area contributed by atoms with Gasteiger partial charge in [-0.1, -0.05) is 0 Å². The van der Waals surface area contributed by atoms with E-state index in [9.17, 15) is 0 Å². The number of hydrogen-bond donors (Lipinski definition) is 1. The van der Waals surface area contributed by atoms with Crippen molar-refractivity contribution in [3.63, 3.8) is 0 Å². The highest BCUT2D eigenvalue weighted by atomic mass is 15.4. The summed E-state index contributed by atoms with van der Waals surface area (Å²) in [6, 6.07) is 0.340. The first kappa shape index (κ1) is 11.8. The third-order valence-electron chi connectivity index (χ3n) is 2.51. The average molecular weight is 234 g/mol. The van der Waals surface area contributed by atoms with Crippen molar-refractivity contribution in [2.24, 2.45) is 7.05 Å². The quantitative estimate of drug-likeness (QED) is 0.834. The zero-order chi connectivity index (χ0) is 12.3. The highest BCUT2D eigenvalue weighted by Gasteiger charge is 2.06. The molecular weight excluding hydrogens is 216 g/mol. The van der Waals surface area contributed by atoms with E-state index >= 15 is 0 Å². The Balaban J connectivity index is 1.88. The second kappa shape index (κ2) is 5.09. The van der Waals surface area contributed by atoms with E-state index in [1.807, 2.05) is 24.1 Å². The molecule has 0 aromatic carbocycles. The minimum absolute atomic E-state index is 0.340. The first-order chi connectivity index (χ1) is 8.16. The summed E-state index contributed by atoms with van der Waals surface area (Å²) in [5, 5.41) is 11.7. The van der Waals surface area contributed by atoms with E-state index in [1.54, 1.807) is 11.0 Å². The zero-order valence-electron chi connectivity index (χ0n) is 10.5. The summed E-state index contributed by atoms with van der Waals surface area (Å²) in [6.07, 6.45) is 5.46. The van der Waals surface area contributed by atoms with Crippen LogP contribution in [-0.2, 0) is 20.1 Å². The summed E-state index contributed by atoms with van der Waals surface area (Å²) in [6.45, 7) is 5.70. The highest BCUT2D eigenvalue weighted by Crippen LogP contribution is 2.05. The van der Waals surface area contributed by atoms with Crippen LogP contribution >= 0.6 is 0 Å². The minimum Gasteiger partial charge on any atom is -0.306 e. The highest BCUT2D eigenvalue weighted by molar-refractivity contribution is 5.03. The molecule has 2 heterocycles. The number of nitrogens with zero attached hydrogens (tertiary/aromatic N) is 5. The van der Waals surface area contributed by atoms with E-state index in [4.69, 9.17) is 0 Å². The van der Waals surface area contributed by atoms with Crippen LogP contribution in [0.3, 0.4) is 0 Å². The molecule has 0 unspecified atom stereocenters. The van der Waals surface area contributed by atoms with Gasteiger partial charge in [0.25, 0.3) is 0 Å². The van der Waals surface area contributed by atoms with Crippen molar-refractivity contribution in [1.82, 2.24) is 29.9 Å². The lowest BCUT2D eigenvalue weighted by Crippen LogP contribution is -2.18. The van der Waals surface area contributed by atoms with Crippen molar-refractivity contribution >= 4 is 0 Å². The SMILES string of the molecule is CC(C)n1ncnc1CNCc1cnn(C)c1. The molecule has 92 valence electrons. The third-order valence-corrected chi connectivity index (χ3v) is 2.51. The van der Waals surface area contributed by atoms with Gasteiger partial charge in [0.2, 0.25) is 0 Å². The number of rotatable bonds is 5. The molecule has 1 N–H and O–H groups in total. The Kier molecular flexibility index (Phi) is 3.53. The van der Waals surface area contributed by atoms with Gasteiger partial charge < -0.3 is 5.32 Å². The van der Waals surface area contributed by atoms with Crippen molar-refractivity contribution in [3.8, 4) is 0 Å². The molecule has 0 aliphatic carbocycles. The standard InChI is InChI=1S/C11H18N6/c1-9(2)17-11(13-8-15-17)6-12-4-10-5-14-16(3)7-10/h5,7-9,12H,4,6H2,1-3H3. The van der Waals surface area contributed by atoms with E-state index < -0.39 is 0 Å². The zero-order valence-corrected chi connectivity index (χ0v) is 10.5. The van der Waals surface area contributed by atoms with Crippen LogP contribution in [0.4, 0.5) is 0 Å². The summed E-state index contributed by atoms with van der Waals surface area (Å²) in [7, 11) is 1.92. The fourth-order valence-electron chi connectivity index (χ4n) is 1.71. The minimum atomic E-state index is 0.340. The Labute approximate surface area is 101 Å². The van der Waals surface area contributed by atoms with Crippen LogP contribution in [0.25, 0.3) is 0 Å². The number of aromatic nitrogens is 5. The van der Waals surface area contributed by atoms with Crippen LogP contribution in [-0.4, -0.2) is 24.5 Å². The fourth-order valence-corrected chi connectivity index (χ4v) is 1.71. The van der Waals surface area contributed by atoms with Crippen LogP contribution in [0.15, 0.2) is 18.7 Å². The Hall–Kier alpha value is -1.69. The Morgan fingerprint density at radius 2 is 2.12 bits per heavy atom. The lowest BCUT2D eigenvalue weighted by atomic mass is 10.3. The molecule has 0 fully saturated rings. The summed E-state index contributed by atoms with van der Waals surface area (Å²) in [5.41, 5.74) is 1.17. The summed E-state index contributed by atoms with van der Waals surface area (Å²) < 4.78 is 3.73. The molecule has 6 heteroatoms. The molecule has 0 radical (unpaired) electrons. The maximum Gasteiger partial charge on any atom is 0.141 e. The third kappa shape index (κ3) is 2.91. The number of hydrogen-bond acceptors (Lipinski definition) is 4. The normalized spacial score (nSPS) is 11.3. The molecule has 0 bridgehead atoms. The molecule has 0 aliphatic heterocycles. The Morgan fingerprint density at radius 1 is 1.29 bits per heavy atom. The monoisotopic (exact) mass is 234 g/mol. The molecule has 0 amide bonds. The molecule has 2 aromatic rings. The molecule has 6 nitrogen and oxygen atoms in total. The first-order valence-electron chi connectivity index (χ1n) is 5.73. The van der Waals surface area contributed by atoms with Gasteiger partial charge in [0.1, 0.15) is 12.2 Å². The smallest absolute Gasteiger partial charge is 0.141 e. The molecule has 0 spiro atoms. The van der Waals surface area contributed by atoms with E-state index in [0.29, 0.717) is 12.6 Å². The van der Waals surface area contributed by atoms with Gasteiger partial charge in [-0.25, -0.2) is 9.67 Å². The summed E-state index contributed by atoms with van der Waals surface area (Å²) >= 11 is 0. The molecule has 0 saturated heterocycles. The van der Waals surface area contributed by atoms with Gasteiger partial charge in [0.05, 0.1) is 12.7 Å². The van der Waals surface area contributed by atoms with Gasteiger partial charge >= 0.3 is 0 Å².